The van der Waals surface area contributed by atoms with Crippen LogP contribution in [0, 0.1) is 5.92 Å². The fourth-order valence-electron chi connectivity index (χ4n) is 4.28. The SMILES string of the molecule is CC1CN(c2nc(-c3ccncc3)ccc2C(=O)NS(=O)(=O)c2cccc(N)n2)C(C)(C)C1. The number of aromatic nitrogens is 3. The molecule has 4 rings (SSSR count). The third kappa shape index (κ3) is 4.65. The molecule has 1 amide bonds. The van der Waals surface area contributed by atoms with Crippen molar-refractivity contribution in [3.63, 3.8) is 0 Å². The summed E-state index contributed by atoms with van der Waals surface area (Å²) in [6.07, 6.45) is 4.26. The third-order valence-corrected chi connectivity index (χ3v) is 6.90. The van der Waals surface area contributed by atoms with Gasteiger partial charge in [-0.3, -0.25) is 9.78 Å². The molecule has 0 bridgehead atoms. The normalized spacial score (nSPS) is 17.7. The number of pyridine rings is 3. The Bertz CT molecular complexity index is 1290. The number of nitrogens with zero attached hydrogens (tertiary/aromatic N) is 4. The van der Waals surface area contributed by atoms with Crippen LogP contribution in [0.4, 0.5) is 11.6 Å². The molecule has 3 aromatic rings. The first-order valence-electron chi connectivity index (χ1n) is 10.6. The average Bonchev–Trinajstić information content (AvgIpc) is 3.05. The lowest BCUT2D eigenvalue weighted by molar-refractivity contribution is 0.0981. The molecule has 0 saturated carbocycles. The standard InChI is InChI=1S/C23H26N6O3S/c1-15-13-23(2,3)29(14-15)21-17(7-8-18(26-21)16-9-11-25-12-10-16)22(30)28-33(31,32)20-6-4-5-19(24)27-20/h4-12,15H,13-14H2,1-3H3,(H2,24,27)(H,28,30). The largest absolute Gasteiger partial charge is 0.384 e. The zero-order valence-corrected chi connectivity index (χ0v) is 19.5. The molecule has 3 aromatic heterocycles. The van der Waals surface area contributed by atoms with Gasteiger partial charge in [0.15, 0.2) is 5.03 Å². The van der Waals surface area contributed by atoms with E-state index in [2.05, 4.69) is 40.4 Å². The van der Waals surface area contributed by atoms with Gasteiger partial charge < -0.3 is 10.6 Å². The van der Waals surface area contributed by atoms with Crippen molar-refractivity contribution in [3.8, 4) is 11.3 Å². The Morgan fingerprint density at radius 2 is 1.85 bits per heavy atom. The molecular formula is C23H26N6O3S. The van der Waals surface area contributed by atoms with Crippen LogP contribution in [0.3, 0.4) is 0 Å². The number of carbonyl (C=O) groups excluding carboxylic acids is 1. The quantitative estimate of drug-likeness (QED) is 0.587. The van der Waals surface area contributed by atoms with Crippen molar-refractivity contribution < 1.29 is 13.2 Å². The van der Waals surface area contributed by atoms with Gasteiger partial charge in [0.2, 0.25) is 0 Å². The molecule has 1 atom stereocenters. The van der Waals surface area contributed by atoms with Crippen LogP contribution in [0.5, 0.6) is 0 Å². The van der Waals surface area contributed by atoms with E-state index < -0.39 is 15.9 Å². The van der Waals surface area contributed by atoms with Gasteiger partial charge in [-0.25, -0.2) is 14.7 Å². The Balaban J connectivity index is 1.76. The first-order chi connectivity index (χ1) is 15.6. The van der Waals surface area contributed by atoms with Crippen molar-refractivity contribution in [2.45, 2.75) is 37.8 Å². The summed E-state index contributed by atoms with van der Waals surface area (Å²) < 4.78 is 27.7. The number of carbonyl (C=O) groups is 1. The molecule has 1 saturated heterocycles. The van der Waals surface area contributed by atoms with E-state index >= 15 is 0 Å². The average molecular weight is 467 g/mol. The first-order valence-corrected chi connectivity index (χ1v) is 12.0. The summed E-state index contributed by atoms with van der Waals surface area (Å²) in [5, 5.41) is -0.325. The summed E-state index contributed by atoms with van der Waals surface area (Å²) in [6, 6.07) is 11.2. The molecular weight excluding hydrogens is 440 g/mol. The van der Waals surface area contributed by atoms with E-state index in [1.165, 1.54) is 18.2 Å². The Morgan fingerprint density at radius 3 is 2.48 bits per heavy atom. The lowest BCUT2D eigenvalue weighted by atomic mass is 9.97. The Morgan fingerprint density at radius 1 is 1.12 bits per heavy atom. The van der Waals surface area contributed by atoms with Crippen LogP contribution in [-0.2, 0) is 10.0 Å². The van der Waals surface area contributed by atoms with Gasteiger partial charge in [-0.15, -0.1) is 0 Å². The van der Waals surface area contributed by atoms with Crippen LogP contribution < -0.4 is 15.4 Å². The minimum Gasteiger partial charge on any atom is -0.384 e. The molecule has 10 heteroatoms. The predicted octanol–water partition coefficient (Wildman–Crippen LogP) is 2.86. The van der Waals surface area contributed by atoms with Gasteiger partial charge in [0.1, 0.15) is 11.6 Å². The van der Waals surface area contributed by atoms with E-state index in [9.17, 15) is 13.2 Å². The number of nitrogens with two attached hydrogens (primary N) is 1. The number of anilines is 2. The Labute approximate surface area is 193 Å². The smallest absolute Gasteiger partial charge is 0.281 e. The van der Waals surface area contributed by atoms with E-state index in [4.69, 9.17) is 10.7 Å². The van der Waals surface area contributed by atoms with E-state index in [1.54, 1.807) is 24.5 Å². The highest BCUT2D eigenvalue weighted by atomic mass is 32.2. The number of nitrogen functional groups attached to an aromatic ring is 1. The van der Waals surface area contributed by atoms with Crippen LogP contribution in [0.2, 0.25) is 0 Å². The molecule has 4 heterocycles. The van der Waals surface area contributed by atoms with Gasteiger partial charge >= 0.3 is 0 Å². The second-order valence-electron chi connectivity index (χ2n) is 8.87. The highest BCUT2D eigenvalue weighted by molar-refractivity contribution is 7.90. The summed E-state index contributed by atoms with van der Waals surface area (Å²) in [4.78, 5) is 27.9. The number of sulfonamides is 1. The molecule has 0 radical (unpaired) electrons. The van der Waals surface area contributed by atoms with Gasteiger partial charge in [0, 0.05) is 30.0 Å². The maximum absolute atomic E-state index is 13.2. The summed E-state index contributed by atoms with van der Waals surface area (Å²) in [5.41, 5.74) is 7.03. The van der Waals surface area contributed by atoms with Crippen LogP contribution in [0.1, 0.15) is 37.6 Å². The van der Waals surface area contributed by atoms with Crippen molar-refractivity contribution in [1.29, 1.82) is 0 Å². The number of nitrogens with one attached hydrogen (secondary N) is 1. The molecule has 33 heavy (non-hydrogen) atoms. The summed E-state index contributed by atoms with van der Waals surface area (Å²) in [6.45, 7) is 7.02. The zero-order valence-electron chi connectivity index (χ0n) is 18.7. The molecule has 1 aliphatic heterocycles. The van der Waals surface area contributed by atoms with Crippen LogP contribution in [0.15, 0.2) is 59.9 Å². The van der Waals surface area contributed by atoms with Gasteiger partial charge in [0.05, 0.1) is 11.3 Å². The van der Waals surface area contributed by atoms with Crippen molar-refractivity contribution in [2.24, 2.45) is 5.92 Å². The minimum atomic E-state index is -4.22. The predicted molar refractivity (Wildman–Crippen MR) is 126 cm³/mol. The van der Waals surface area contributed by atoms with Crippen LogP contribution in [0.25, 0.3) is 11.3 Å². The Hall–Kier alpha value is -3.53. The molecule has 1 unspecified atom stereocenters. The number of rotatable bonds is 5. The fraction of sp³-hybridized carbons (Fsp3) is 0.304. The highest BCUT2D eigenvalue weighted by Gasteiger charge is 2.39. The van der Waals surface area contributed by atoms with E-state index in [0.717, 1.165) is 12.0 Å². The topological polar surface area (TPSA) is 131 Å². The molecule has 0 spiro atoms. The van der Waals surface area contributed by atoms with Crippen LogP contribution >= 0.6 is 0 Å². The fourth-order valence-corrected chi connectivity index (χ4v) is 5.23. The lowest BCUT2D eigenvalue weighted by Gasteiger charge is -2.34. The maximum Gasteiger partial charge on any atom is 0.281 e. The molecule has 1 aliphatic rings. The molecule has 3 N–H and O–H groups in total. The van der Waals surface area contributed by atoms with Gasteiger partial charge in [-0.05, 0) is 62.6 Å². The van der Waals surface area contributed by atoms with Crippen LogP contribution in [-0.4, -0.2) is 41.4 Å². The second kappa shape index (κ2) is 8.43. The van der Waals surface area contributed by atoms with E-state index in [-0.39, 0.29) is 21.9 Å². The first kappa shape index (κ1) is 22.7. The van der Waals surface area contributed by atoms with Gasteiger partial charge in [0.25, 0.3) is 15.9 Å². The number of hydrogen-bond acceptors (Lipinski definition) is 8. The molecule has 172 valence electrons. The summed E-state index contributed by atoms with van der Waals surface area (Å²) in [7, 11) is -4.22. The van der Waals surface area contributed by atoms with E-state index in [0.29, 0.717) is 24.0 Å². The maximum atomic E-state index is 13.2. The van der Waals surface area contributed by atoms with Crippen molar-refractivity contribution in [1.82, 2.24) is 19.7 Å². The van der Waals surface area contributed by atoms with Crippen molar-refractivity contribution in [3.05, 3.63) is 60.4 Å². The Kier molecular flexibility index (Phi) is 5.79. The molecule has 1 fully saturated rings. The van der Waals surface area contributed by atoms with Gasteiger partial charge in [-0.1, -0.05) is 13.0 Å². The second-order valence-corrected chi connectivity index (χ2v) is 10.5. The van der Waals surface area contributed by atoms with Gasteiger partial charge in [-0.2, -0.15) is 8.42 Å². The van der Waals surface area contributed by atoms with Crippen molar-refractivity contribution >= 4 is 27.6 Å². The lowest BCUT2D eigenvalue weighted by Crippen LogP contribution is -2.41. The highest BCUT2D eigenvalue weighted by Crippen LogP contribution is 2.38. The van der Waals surface area contributed by atoms with Crippen molar-refractivity contribution in [2.75, 3.05) is 17.2 Å². The van der Waals surface area contributed by atoms with E-state index in [1.807, 2.05) is 12.1 Å². The molecule has 9 nitrogen and oxygen atoms in total. The number of hydrogen-bond donors (Lipinski definition) is 2. The monoisotopic (exact) mass is 466 g/mol. The molecule has 0 aromatic carbocycles. The summed E-state index contributed by atoms with van der Waals surface area (Å²) >= 11 is 0. The minimum absolute atomic E-state index is 0.0437. The molecule has 0 aliphatic carbocycles. The third-order valence-electron chi connectivity index (χ3n) is 5.67. The number of amides is 1. The zero-order chi connectivity index (χ0) is 23.8. The summed E-state index contributed by atoms with van der Waals surface area (Å²) in [5.74, 6) is 0.0926.